The van der Waals surface area contributed by atoms with Crippen LogP contribution in [0.2, 0.25) is 0 Å². The Morgan fingerprint density at radius 3 is 2.96 bits per heavy atom. The Hall–Kier alpha value is -2.25. The Balaban J connectivity index is 2.00. The summed E-state index contributed by atoms with van der Waals surface area (Å²) in [5, 5.41) is 3.37. The fourth-order valence-corrected chi connectivity index (χ4v) is 3.32. The van der Waals surface area contributed by atoms with E-state index in [1.165, 1.54) is 20.6 Å². The molecule has 0 aliphatic heterocycles. The van der Waals surface area contributed by atoms with Crippen LogP contribution >= 0.6 is 11.3 Å². The SMILES string of the molecule is Cc1cccn2c(=O)c3cc(C(=O)NCC[NH+](C)C)sc3nc12. The number of nitrogens with one attached hydrogen (secondary N) is 2. The molecule has 0 aromatic carbocycles. The van der Waals surface area contributed by atoms with Gasteiger partial charge in [0, 0.05) is 6.20 Å². The van der Waals surface area contributed by atoms with Gasteiger partial charge in [0.1, 0.15) is 10.5 Å². The molecule has 0 unspecified atom stereocenters. The van der Waals surface area contributed by atoms with Crippen molar-refractivity contribution in [2.24, 2.45) is 0 Å². The summed E-state index contributed by atoms with van der Waals surface area (Å²) in [7, 11) is 4.06. The molecule has 0 aliphatic rings. The lowest BCUT2D eigenvalue weighted by atomic mass is 10.3. The van der Waals surface area contributed by atoms with Gasteiger partial charge >= 0.3 is 0 Å². The molecule has 3 aromatic heterocycles. The molecule has 3 aromatic rings. The smallest absolute Gasteiger partial charge is 0.266 e. The molecule has 0 aliphatic carbocycles. The molecular weight excluding hydrogens is 312 g/mol. The number of fused-ring (bicyclic) bond motifs is 2. The first-order chi connectivity index (χ1) is 11.0. The zero-order chi connectivity index (χ0) is 16.6. The maximum Gasteiger partial charge on any atom is 0.266 e. The highest BCUT2D eigenvalue weighted by atomic mass is 32.1. The third-order valence-corrected chi connectivity index (χ3v) is 4.69. The minimum Gasteiger partial charge on any atom is -0.346 e. The van der Waals surface area contributed by atoms with Gasteiger partial charge in [-0.15, -0.1) is 11.3 Å². The number of likely N-dealkylation sites (N-methyl/N-ethyl adjacent to an activating group) is 1. The van der Waals surface area contributed by atoms with Gasteiger partial charge in [0.05, 0.1) is 37.4 Å². The largest absolute Gasteiger partial charge is 0.346 e. The monoisotopic (exact) mass is 331 g/mol. The molecule has 0 fully saturated rings. The van der Waals surface area contributed by atoms with E-state index in [4.69, 9.17) is 0 Å². The first-order valence-corrected chi connectivity index (χ1v) is 8.28. The van der Waals surface area contributed by atoms with Gasteiger partial charge in [0.15, 0.2) is 0 Å². The third-order valence-electron chi connectivity index (χ3n) is 3.67. The number of quaternary nitrogens is 1. The van der Waals surface area contributed by atoms with Crippen LogP contribution < -0.4 is 15.8 Å². The van der Waals surface area contributed by atoms with E-state index in [0.717, 1.165) is 12.1 Å². The summed E-state index contributed by atoms with van der Waals surface area (Å²) >= 11 is 1.26. The van der Waals surface area contributed by atoms with Crippen molar-refractivity contribution < 1.29 is 9.69 Å². The van der Waals surface area contributed by atoms with E-state index >= 15 is 0 Å². The Labute approximate surface area is 137 Å². The number of carbonyl (C=O) groups excluding carboxylic acids is 1. The normalized spacial score (nSPS) is 11.5. The van der Waals surface area contributed by atoms with Crippen LogP contribution in [0.4, 0.5) is 0 Å². The number of hydrogen-bond donors (Lipinski definition) is 2. The van der Waals surface area contributed by atoms with Gasteiger partial charge < -0.3 is 10.2 Å². The van der Waals surface area contributed by atoms with Crippen LogP contribution in [0.3, 0.4) is 0 Å². The number of hydrogen-bond acceptors (Lipinski definition) is 4. The molecule has 0 radical (unpaired) electrons. The molecule has 3 heterocycles. The summed E-state index contributed by atoms with van der Waals surface area (Å²) in [6.45, 7) is 3.36. The second-order valence-electron chi connectivity index (χ2n) is 5.84. The molecule has 7 heteroatoms. The van der Waals surface area contributed by atoms with Crippen molar-refractivity contribution in [2.45, 2.75) is 6.92 Å². The van der Waals surface area contributed by atoms with E-state index in [1.807, 2.05) is 33.2 Å². The highest BCUT2D eigenvalue weighted by molar-refractivity contribution is 7.20. The first-order valence-electron chi connectivity index (χ1n) is 7.46. The van der Waals surface area contributed by atoms with Crippen molar-refractivity contribution in [1.29, 1.82) is 0 Å². The van der Waals surface area contributed by atoms with Gasteiger partial charge in [-0.2, -0.15) is 0 Å². The quantitative estimate of drug-likeness (QED) is 0.712. The molecule has 0 spiro atoms. The third kappa shape index (κ3) is 2.97. The minimum atomic E-state index is -0.153. The van der Waals surface area contributed by atoms with Crippen molar-refractivity contribution in [3.05, 3.63) is 45.2 Å². The van der Waals surface area contributed by atoms with Crippen LogP contribution in [-0.2, 0) is 0 Å². The lowest BCUT2D eigenvalue weighted by Crippen LogP contribution is -3.06. The summed E-state index contributed by atoms with van der Waals surface area (Å²) in [4.78, 5) is 31.7. The molecule has 1 amide bonds. The lowest BCUT2D eigenvalue weighted by Gasteiger charge is -2.07. The second kappa shape index (κ2) is 6.10. The van der Waals surface area contributed by atoms with E-state index in [9.17, 15) is 9.59 Å². The highest BCUT2D eigenvalue weighted by Gasteiger charge is 2.15. The molecule has 3 rings (SSSR count). The van der Waals surface area contributed by atoms with Crippen LogP contribution in [-0.4, -0.2) is 42.5 Å². The summed E-state index contributed by atoms with van der Waals surface area (Å²) in [6.07, 6.45) is 1.70. The molecule has 2 N–H and O–H groups in total. The average Bonchev–Trinajstić information content (AvgIpc) is 2.93. The molecule has 0 bridgehead atoms. The van der Waals surface area contributed by atoms with Crippen LogP contribution in [0.25, 0.3) is 15.9 Å². The van der Waals surface area contributed by atoms with Crippen LogP contribution in [0.1, 0.15) is 15.2 Å². The molecule has 0 saturated heterocycles. The zero-order valence-corrected chi connectivity index (χ0v) is 14.2. The molecule has 6 nitrogen and oxygen atoms in total. The summed E-state index contributed by atoms with van der Waals surface area (Å²) < 4.78 is 1.53. The van der Waals surface area contributed by atoms with Crippen molar-refractivity contribution >= 4 is 33.1 Å². The van der Waals surface area contributed by atoms with E-state index < -0.39 is 0 Å². The molecule has 120 valence electrons. The number of thiophene rings is 1. The Bertz CT molecular complexity index is 942. The van der Waals surface area contributed by atoms with Gasteiger partial charge in [-0.05, 0) is 24.6 Å². The van der Waals surface area contributed by atoms with Gasteiger partial charge in [-0.3, -0.25) is 14.0 Å². The number of rotatable bonds is 4. The zero-order valence-electron chi connectivity index (χ0n) is 13.3. The standard InChI is InChI=1S/C16H18N4O2S/c1-10-5-4-7-20-13(10)18-15-11(16(20)22)9-12(23-15)14(21)17-6-8-19(2)3/h4-5,7,9H,6,8H2,1-3H3,(H,17,21)/p+1. The predicted octanol–water partition coefficient (Wildman–Crippen LogP) is 0.0919. The van der Waals surface area contributed by atoms with Crippen molar-refractivity contribution in [2.75, 3.05) is 27.2 Å². The van der Waals surface area contributed by atoms with Crippen molar-refractivity contribution in [1.82, 2.24) is 14.7 Å². The number of nitrogens with zero attached hydrogens (tertiary/aromatic N) is 2. The molecule has 23 heavy (non-hydrogen) atoms. The van der Waals surface area contributed by atoms with Gasteiger partial charge in [-0.25, -0.2) is 4.98 Å². The maximum absolute atomic E-state index is 12.6. The number of aryl methyl sites for hydroxylation is 1. The van der Waals surface area contributed by atoms with Crippen LogP contribution in [0.5, 0.6) is 0 Å². The van der Waals surface area contributed by atoms with E-state index in [0.29, 0.717) is 27.3 Å². The second-order valence-corrected chi connectivity index (χ2v) is 6.87. The van der Waals surface area contributed by atoms with Crippen molar-refractivity contribution in [3.8, 4) is 0 Å². The fraction of sp³-hybridized carbons (Fsp3) is 0.312. The van der Waals surface area contributed by atoms with E-state index in [1.54, 1.807) is 12.3 Å². The Kier molecular flexibility index (Phi) is 4.14. The Morgan fingerprint density at radius 2 is 2.22 bits per heavy atom. The first kappa shape index (κ1) is 15.6. The Morgan fingerprint density at radius 1 is 1.43 bits per heavy atom. The van der Waals surface area contributed by atoms with Gasteiger partial charge in [0.2, 0.25) is 0 Å². The van der Waals surface area contributed by atoms with Gasteiger partial charge in [0.25, 0.3) is 11.5 Å². The molecule has 0 saturated carbocycles. The summed E-state index contributed by atoms with van der Waals surface area (Å²) in [6, 6.07) is 5.38. The summed E-state index contributed by atoms with van der Waals surface area (Å²) in [5.74, 6) is -0.153. The number of amides is 1. The van der Waals surface area contributed by atoms with Gasteiger partial charge in [-0.1, -0.05) is 6.07 Å². The van der Waals surface area contributed by atoms with E-state index in [-0.39, 0.29) is 11.5 Å². The number of carbonyl (C=O) groups is 1. The van der Waals surface area contributed by atoms with Crippen LogP contribution in [0.15, 0.2) is 29.2 Å². The maximum atomic E-state index is 12.6. The number of pyridine rings is 1. The average molecular weight is 331 g/mol. The van der Waals surface area contributed by atoms with Crippen molar-refractivity contribution in [3.63, 3.8) is 0 Å². The number of aromatic nitrogens is 2. The van der Waals surface area contributed by atoms with Crippen LogP contribution in [0, 0.1) is 6.92 Å². The topological polar surface area (TPSA) is 67.9 Å². The predicted molar refractivity (Wildman–Crippen MR) is 91.6 cm³/mol. The van der Waals surface area contributed by atoms with E-state index in [2.05, 4.69) is 10.3 Å². The molecular formula is C16H19N4O2S+. The molecule has 0 atom stereocenters. The fourth-order valence-electron chi connectivity index (χ4n) is 2.38. The summed E-state index contributed by atoms with van der Waals surface area (Å²) in [5.41, 5.74) is 1.43. The highest BCUT2D eigenvalue weighted by Crippen LogP contribution is 2.22. The lowest BCUT2D eigenvalue weighted by molar-refractivity contribution is -0.856. The minimum absolute atomic E-state index is 0.137.